The molecule has 0 aromatic heterocycles. The van der Waals surface area contributed by atoms with Crippen molar-refractivity contribution < 1.29 is 4.79 Å². The number of allylic oxidation sites excluding steroid dienone is 1. The second-order valence-electron chi connectivity index (χ2n) is 8.89. The lowest BCUT2D eigenvalue weighted by Crippen LogP contribution is -2.41. The lowest BCUT2D eigenvalue weighted by molar-refractivity contribution is -0.106. The van der Waals surface area contributed by atoms with Crippen LogP contribution in [0, 0.1) is 11.8 Å². The summed E-state index contributed by atoms with van der Waals surface area (Å²) < 4.78 is 0. The van der Waals surface area contributed by atoms with Crippen molar-refractivity contribution in [1.82, 2.24) is 10.2 Å². The SMILES string of the molecule is C=C1NC(c2ccc(Cl)cc2)=NC2=C1CN(C(=C)CCC(C)C)CC2CCCC.CC=O. The van der Waals surface area contributed by atoms with Crippen LogP contribution >= 0.6 is 11.6 Å². The molecular weight excluding hydrogens is 418 g/mol. The number of rotatable bonds is 8. The Balaban J connectivity index is 0.00000114. The highest BCUT2D eigenvalue weighted by Gasteiger charge is 2.32. The fourth-order valence-electron chi connectivity index (χ4n) is 3.99. The summed E-state index contributed by atoms with van der Waals surface area (Å²) in [5.41, 5.74) is 5.69. The van der Waals surface area contributed by atoms with E-state index in [-0.39, 0.29) is 0 Å². The standard InChI is InChI=1S/C25H34ClN3.C2H4O/c1-6-7-8-21-15-29(18(4)10-9-17(2)3)16-23-19(5)27-25(28-24(21)23)20-11-13-22(26)14-12-20;1-2-3/h11-14,17,21H,4-10,15-16H2,1-3H3,(H,27,28);2H,1H3. The maximum absolute atomic E-state index is 8.81. The van der Waals surface area contributed by atoms with Gasteiger partial charge in [-0.3, -0.25) is 0 Å². The first-order valence-corrected chi connectivity index (χ1v) is 12.0. The molecule has 0 fully saturated rings. The summed E-state index contributed by atoms with van der Waals surface area (Å²) in [7, 11) is 0. The Morgan fingerprint density at radius 3 is 2.59 bits per heavy atom. The second kappa shape index (κ2) is 12.6. The number of carbonyl (C=O) groups is 1. The molecule has 2 heterocycles. The normalized spacial score (nSPS) is 17.8. The van der Waals surface area contributed by atoms with Gasteiger partial charge in [0.15, 0.2) is 0 Å². The van der Waals surface area contributed by atoms with Crippen LogP contribution in [-0.4, -0.2) is 30.1 Å². The number of nitrogens with zero attached hydrogens (tertiary/aromatic N) is 2. The van der Waals surface area contributed by atoms with Crippen LogP contribution in [0.15, 0.2) is 65.1 Å². The molecular formula is C27H38ClN3O. The molecule has 0 spiro atoms. The van der Waals surface area contributed by atoms with Crippen molar-refractivity contribution in [3.8, 4) is 0 Å². The van der Waals surface area contributed by atoms with E-state index in [4.69, 9.17) is 21.4 Å². The minimum absolute atomic E-state index is 0.413. The highest BCUT2D eigenvalue weighted by atomic mass is 35.5. The number of aldehydes is 1. The van der Waals surface area contributed by atoms with Crippen LogP contribution in [0.25, 0.3) is 0 Å². The van der Waals surface area contributed by atoms with E-state index in [2.05, 4.69) is 44.1 Å². The summed E-state index contributed by atoms with van der Waals surface area (Å²) in [6, 6.07) is 7.83. The van der Waals surface area contributed by atoms with E-state index in [1.165, 1.54) is 43.2 Å². The van der Waals surface area contributed by atoms with Gasteiger partial charge in [-0.2, -0.15) is 0 Å². The molecule has 0 radical (unpaired) electrons. The highest BCUT2D eigenvalue weighted by molar-refractivity contribution is 6.30. The smallest absolute Gasteiger partial charge is 0.137 e. The molecule has 4 nitrogen and oxygen atoms in total. The molecule has 1 N–H and O–H groups in total. The Labute approximate surface area is 199 Å². The Bertz CT molecular complexity index is 867. The summed E-state index contributed by atoms with van der Waals surface area (Å²) in [6.45, 7) is 18.8. The van der Waals surface area contributed by atoms with E-state index < -0.39 is 0 Å². The molecule has 1 aromatic rings. The van der Waals surface area contributed by atoms with E-state index in [1.807, 2.05) is 24.3 Å². The fraction of sp³-hybridized carbons (Fsp3) is 0.481. The number of benzene rings is 1. The van der Waals surface area contributed by atoms with Crippen molar-refractivity contribution in [3.05, 3.63) is 70.7 Å². The van der Waals surface area contributed by atoms with Gasteiger partial charge in [0.25, 0.3) is 0 Å². The molecule has 174 valence electrons. The third kappa shape index (κ3) is 7.09. The van der Waals surface area contributed by atoms with E-state index in [1.54, 1.807) is 0 Å². The van der Waals surface area contributed by atoms with Gasteiger partial charge in [0, 0.05) is 46.6 Å². The summed E-state index contributed by atoms with van der Waals surface area (Å²) in [4.78, 5) is 16.3. The van der Waals surface area contributed by atoms with Gasteiger partial charge in [-0.05, 0) is 56.4 Å². The van der Waals surface area contributed by atoms with Gasteiger partial charge in [0.05, 0.1) is 5.70 Å². The van der Waals surface area contributed by atoms with Gasteiger partial charge in [-0.15, -0.1) is 0 Å². The highest BCUT2D eigenvalue weighted by Crippen LogP contribution is 2.35. The molecule has 0 saturated heterocycles. The number of aliphatic imine (C=N–C) groups is 1. The van der Waals surface area contributed by atoms with Gasteiger partial charge in [-0.1, -0.05) is 58.4 Å². The minimum Gasteiger partial charge on any atom is -0.370 e. The molecule has 2 aliphatic heterocycles. The van der Waals surface area contributed by atoms with E-state index in [0.717, 1.165) is 54.3 Å². The molecule has 1 unspecified atom stereocenters. The number of carbonyl (C=O) groups excluding carboxylic acids is 1. The van der Waals surface area contributed by atoms with Crippen LogP contribution in [0.3, 0.4) is 0 Å². The molecule has 0 bridgehead atoms. The van der Waals surface area contributed by atoms with Gasteiger partial charge >= 0.3 is 0 Å². The van der Waals surface area contributed by atoms with Crippen molar-refractivity contribution >= 4 is 23.7 Å². The van der Waals surface area contributed by atoms with Crippen molar-refractivity contribution in [2.75, 3.05) is 13.1 Å². The largest absolute Gasteiger partial charge is 0.370 e. The monoisotopic (exact) mass is 455 g/mol. The second-order valence-corrected chi connectivity index (χ2v) is 9.33. The molecule has 0 amide bonds. The molecule has 5 heteroatoms. The summed E-state index contributed by atoms with van der Waals surface area (Å²) in [6.07, 6.45) is 6.53. The van der Waals surface area contributed by atoms with Gasteiger partial charge < -0.3 is 15.0 Å². The first kappa shape index (κ1) is 25.9. The number of amidine groups is 1. The molecule has 1 atom stereocenters. The average molecular weight is 456 g/mol. The average Bonchev–Trinajstić information content (AvgIpc) is 2.76. The number of nitrogens with one attached hydrogen (secondary N) is 1. The minimum atomic E-state index is 0.413. The van der Waals surface area contributed by atoms with Crippen molar-refractivity contribution in [3.63, 3.8) is 0 Å². The predicted molar refractivity (Wildman–Crippen MR) is 137 cm³/mol. The molecule has 32 heavy (non-hydrogen) atoms. The summed E-state index contributed by atoms with van der Waals surface area (Å²) in [5, 5.41) is 4.17. The Hall–Kier alpha value is -2.33. The quantitative estimate of drug-likeness (QED) is 0.441. The Morgan fingerprint density at radius 1 is 1.34 bits per heavy atom. The number of unbranched alkanes of at least 4 members (excludes halogenated alkanes) is 1. The van der Waals surface area contributed by atoms with Crippen molar-refractivity contribution in [2.24, 2.45) is 16.8 Å². The first-order valence-electron chi connectivity index (χ1n) is 11.7. The zero-order valence-corrected chi connectivity index (χ0v) is 20.8. The first-order chi connectivity index (χ1) is 15.3. The van der Waals surface area contributed by atoms with Crippen LogP contribution in [0.2, 0.25) is 5.02 Å². The van der Waals surface area contributed by atoms with Crippen LogP contribution in [0.4, 0.5) is 0 Å². The Morgan fingerprint density at radius 2 is 2.00 bits per heavy atom. The van der Waals surface area contributed by atoms with E-state index in [9.17, 15) is 0 Å². The number of halogens is 1. The van der Waals surface area contributed by atoms with Crippen LogP contribution in [0.1, 0.15) is 65.4 Å². The fourth-order valence-corrected chi connectivity index (χ4v) is 4.11. The summed E-state index contributed by atoms with van der Waals surface area (Å²) >= 11 is 6.06. The lowest BCUT2D eigenvalue weighted by atomic mass is 9.88. The third-order valence-corrected chi connectivity index (χ3v) is 6.08. The zero-order valence-electron chi connectivity index (χ0n) is 20.1. The molecule has 3 rings (SSSR count). The van der Waals surface area contributed by atoms with Gasteiger partial charge in [-0.25, -0.2) is 4.99 Å². The van der Waals surface area contributed by atoms with Gasteiger partial charge in [0.2, 0.25) is 0 Å². The maximum atomic E-state index is 8.81. The van der Waals surface area contributed by atoms with Crippen molar-refractivity contribution in [1.29, 1.82) is 0 Å². The topological polar surface area (TPSA) is 44.7 Å². The van der Waals surface area contributed by atoms with Crippen LogP contribution in [-0.2, 0) is 4.79 Å². The zero-order chi connectivity index (χ0) is 23.7. The van der Waals surface area contributed by atoms with E-state index in [0.29, 0.717) is 11.8 Å². The lowest BCUT2D eigenvalue weighted by Gasteiger charge is -2.40. The maximum Gasteiger partial charge on any atom is 0.137 e. The van der Waals surface area contributed by atoms with Crippen molar-refractivity contribution in [2.45, 2.75) is 59.8 Å². The molecule has 1 aromatic carbocycles. The number of hydrogen-bond donors (Lipinski definition) is 1. The number of hydrogen-bond acceptors (Lipinski definition) is 4. The van der Waals surface area contributed by atoms with Crippen LogP contribution in [0.5, 0.6) is 0 Å². The summed E-state index contributed by atoms with van der Waals surface area (Å²) in [5.74, 6) is 1.98. The third-order valence-electron chi connectivity index (χ3n) is 5.83. The van der Waals surface area contributed by atoms with Crippen LogP contribution < -0.4 is 5.32 Å². The molecule has 0 saturated carbocycles. The predicted octanol–water partition coefficient (Wildman–Crippen LogP) is 6.73. The molecule has 0 aliphatic carbocycles. The molecule has 2 aliphatic rings. The Kier molecular flexibility index (Phi) is 10.2. The van der Waals surface area contributed by atoms with E-state index >= 15 is 0 Å². The van der Waals surface area contributed by atoms with Gasteiger partial charge in [0.1, 0.15) is 12.1 Å².